The molecule has 0 bridgehead atoms. The van der Waals surface area contributed by atoms with Crippen molar-refractivity contribution in [2.24, 2.45) is 0 Å². The molecule has 4 rings (SSSR count). The second kappa shape index (κ2) is 7.99. The number of ether oxygens (including phenoxy) is 2. The zero-order valence-electron chi connectivity index (χ0n) is 17.0. The third-order valence-corrected chi connectivity index (χ3v) is 5.16. The Hall–Kier alpha value is -3.28. The summed E-state index contributed by atoms with van der Waals surface area (Å²) in [6.07, 6.45) is 0.921. The maximum atomic E-state index is 13.3. The monoisotopic (exact) mass is 391 g/mol. The lowest BCUT2D eigenvalue weighted by Gasteiger charge is -2.21. The van der Waals surface area contributed by atoms with Gasteiger partial charge in [-0.3, -0.25) is 4.79 Å². The van der Waals surface area contributed by atoms with Crippen LogP contribution in [0.15, 0.2) is 42.5 Å². The number of hydrogen-bond acceptors (Lipinski definition) is 5. The fourth-order valence-corrected chi connectivity index (χ4v) is 3.63. The van der Waals surface area contributed by atoms with Crippen LogP contribution >= 0.6 is 0 Å². The summed E-state index contributed by atoms with van der Waals surface area (Å²) in [5.74, 6) is 2.21. The molecular weight excluding hydrogens is 366 g/mol. The van der Waals surface area contributed by atoms with E-state index in [2.05, 4.69) is 17.2 Å². The molecule has 29 heavy (non-hydrogen) atoms. The lowest BCUT2D eigenvalue weighted by atomic mass is 9.99. The standard InChI is InChI=1S/C23H25N3O3/c1-4-10-26(5-2)23(27)18-13-22(24-3)25-19-8-6-15(11-17(18)19)16-7-9-20-21(12-16)29-14-28-20/h6-9,11-13H,4-5,10,14H2,1-3H3,(H,24,25). The summed E-state index contributed by atoms with van der Waals surface area (Å²) in [5.41, 5.74) is 3.46. The largest absolute Gasteiger partial charge is 0.454 e. The zero-order chi connectivity index (χ0) is 20.4. The number of benzene rings is 2. The van der Waals surface area contributed by atoms with Crippen LogP contribution in [0.25, 0.3) is 22.0 Å². The van der Waals surface area contributed by atoms with Crippen LogP contribution in [0.2, 0.25) is 0 Å². The van der Waals surface area contributed by atoms with E-state index in [9.17, 15) is 4.79 Å². The fraction of sp³-hybridized carbons (Fsp3) is 0.304. The molecule has 0 radical (unpaired) electrons. The minimum atomic E-state index is 0.0288. The summed E-state index contributed by atoms with van der Waals surface area (Å²) in [5, 5.41) is 3.91. The molecule has 3 aromatic rings. The lowest BCUT2D eigenvalue weighted by Crippen LogP contribution is -2.31. The smallest absolute Gasteiger partial charge is 0.254 e. The van der Waals surface area contributed by atoms with Gasteiger partial charge in [0.05, 0.1) is 11.1 Å². The van der Waals surface area contributed by atoms with Gasteiger partial charge in [-0.25, -0.2) is 4.98 Å². The van der Waals surface area contributed by atoms with Gasteiger partial charge in [0.25, 0.3) is 5.91 Å². The maximum Gasteiger partial charge on any atom is 0.254 e. The van der Waals surface area contributed by atoms with Crippen molar-refractivity contribution in [3.8, 4) is 22.6 Å². The third-order valence-electron chi connectivity index (χ3n) is 5.16. The van der Waals surface area contributed by atoms with E-state index in [0.29, 0.717) is 17.9 Å². The van der Waals surface area contributed by atoms with Crippen molar-refractivity contribution in [3.63, 3.8) is 0 Å². The van der Waals surface area contributed by atoms with Gasteiger partial charge in [-0.2, -0.15) is 0 Å². The van der Waals surface area contributed by atoms with Crippen LogP contribution in [0.1, 0.15) is 30.6 Å². The number of rotatable bonds is 6. The van der Waals surface area contributed by atoms with Crippen LogP contribution in [0.5, 0.6) is 11.5 Å². The van der Waals surface area contributed by atoms with Gasteiger partial charge in [0.15, 0.2) is 11.5 Å². The molecular formula is C23H25N3O3. The average Bonchev–Trinajstić information content (AvgIpc) is 3.23. The van der Waals surface area contributed by atoms with Gasteiger partial charge in [-0.1, -0.05) is 19.1 Å². The van der Waals surface area contributed by atoms with E-state index in [-0.39, 0.29) is 12.7 Å². The van der Waals surface area contributed by atoms with Crippen molar-refractivity contribution in [2.75, 3.05) is 32.2 Å². The van der Waals surface area contributed by atoms with E-state index < -0.39 is 0 Å². The Kier molecular flexibility index (Phi) is 5.25. The number of hydrogen-bond donors (Lipinski definition) is 1. The molecule has 0 atom stereocenters. The molecule has 2 aromatic carbocycles. The Morgan fingerprint density at radius 1 is 1.07 bits per heavy atom. The molecule has 6 nitrogen and oxygen atoms in total. The molecule has 150 valence electrons. The molecule has 1 amide bonds. The van der Waals surface area contributed by atoms with Gasteiger partial charge < -0.3 is 19.7 Å². The number of carbonyl (C=O) groups excluding carboxylic acids is 1. The fourth-order valence-electron chi connectivity index (χ4n) is 3.63. The molecule has 2 heterocycles. The topological polar surface area (TPSA) is 63.7 Å². The summed E-state index contributed by atoms with van der Waals surface area (Å²) >= 11 is 0. The highest BCUT2D eigenvalue weighted by Gasteiger charge is 2.19. The number of nitrogens with one attached hydrogen (secondary N) is 1. The number of nitrogens with zero attached hydrogens (tertiary/aromatic N) is 2. The summed E-state index contributed by atoms with van der Waals surface area (Å²) in [6, 6.07) is 13.7. The number of carbonyl (C=O) groups is 1. The van der Waals surface area contributed by atoms with E-state index in [1.807, 2.05) is 61.3 Å². The first-order valence-electron chi connectivity index (χ1n) is 9.96. The zero-order valence-corrected chi connectivity index (χ0v) is 17.0. The predicted molar refractivity (Wildman–Crippen MR) is 115 cm³/mol. The van der Waals surface area contributed by atoms with Gasteiger partial charge >= 0.3 is 0 Å². The molecule has 0 unspecified atom stereocenters. The molecule has 0 fully saturated rings. The maximum absolute atomic E-state index is 13.3. The van der Waals surface area contributed by atoms with Crippen LogP contribution in [0, 0.1) is 0 Å². The van der Waals surface area contributed by atoms with Crippen molar-refractivity contribution >= 4 is 22.6 Å². The normalized spacial score (nSPS) is 12.2. The summed E-state index contributed by atoms with van der Waals surface area (Å²) in [6.45, 7) is 5.74. The quantitative estimate of drug-likeness (QED) is 0.668. The number of anilines is 1. The Labute approximate surface area is 170 Å². The van der Waals surface area contributed by atoms with Gasteiger partial charge in [0, 0.05) is 25.5 Å². The van der Waals surface area contributed by atoms with Crippen LogP contribution in [0.3, 0.4) is 0 Å². The van der Waals surface area contributed by atoms with Gasteiger partial charge in [-0.15, -0.1) is 0 Å². The predicted octanol–water partition coefficient (Wildman–Crippen LogP) is 4.54. The highest BCUT2D eigenvalue weighted by molar-refractivity contribution is 6.08. The average molecular weight is 391 g/mol. The second-order valence-electron chi connectivity index (χ2n) is 6.99. The van der Waals surface area contributed by atoms with Gasteiger partial charge in [0.1, 0.15) is 5.82 Å². The summed E-state index contributed by atoms with van der Waals surface area (Å²) < 4.78 is 10.9. The molecule has 1 aliphatic rings. The minimum Gasteiger partial charge on any atom is -0.454 e. The van der Waals surface area contributed by atoms with Crippen molar-refractivity contribution in [1.29, 1.82) is 0 Å². The Morgan fingerprint density at radius 3 is 2.59 bits per heavy atom. The van der Waals surface area contributed by atoms with E-state index in [1.165, 1.54) is 0 Å². The first kappa shape index (κ1) is 19.1. The second-order valence-corrected chi connectivity index (χ2v) is 6.99. The first-order chi connectivity index (χ1) is 14.1. The van der Waals surface area contributed by atoms with Crippen LogP contribution in [-0.4, -0.2) is 42.7 Å². The molecule has 6 heteroatoms. The highest BCUT2D eigenvalue weighted by atomic mass is 16.7. The van der Waals surface area contributed by atoms with E-state index in [1.54, 1.807) is 0 Å². The van der Waals surface area contributed by atoms with E-state index in [0.717, 1.165) is 46.5 Å². The van der Waals surface area contributed by atoms with Crippen LogP contribution in [-0.2, 0) is 0 Å². The van der Waals surface area contributed by atoms with Crippen molar-refractivity contribution in [1.82, 2.24) is 9.88 Å². The van der Waals surface area contributed by atoms with E-state index in [4.69, 9.17) is 9.47 Å². The van der Waals surface area contributed by atoms with Crippen molar-refractivity contribution in [3.05, 3.63) is 48.0 Å². The van der Waals surface area contributed by atoms with Crippen LogP contribution < -0.4 is 14.8 Å². The Bertz CT molecular complexity index is 1060. The summed E-state index contributed by atoms with van der Waals surface area (Å²) in [7, 11) is 1.81. The SMILES string of the molecule is CCCN(CC)C(=O)c1cc(NC)nc2ccc(-c3ccc4c(c3)OCO4)cc12. The van der Waals surface area contributed by atoms with Gasteiger partial charge in [-0.05, 0) is 54.8 Å². The molecule has 0 aliphatic carbocycles. The Balaban J connectivity index is 1.83. The van der Waals surface area contributed by atoms with Crippen LogP contribution in [0.4, 0.5) is 5.82 Å². The highest BCUT2D eigenvalue weighted by Crippen LogP contribution is 2.37. The molecule has 1 aromatic heterocycles. The Morgan fingerprint density at radius 2 is 1.83 bits per heavy atom. The van der Waals surface area contributed by atoms with Crippen molar-refractivity contribution in [2.45, 2.75) is 20.3 Å². The number of amides is 1. The molecule has 0 saturated heterocycles. The number of pyridine rings is 1. The lowest BCUT2D eigenvalue weighted by molar-refractivity contribution is 0.0766. The molecule has 0 spiro atoms. The molecule has 0 saturated carbocycles. The van der Waals surface area contributed by atoms with E-state index >= 15 is 0 Å². The number of aromatic nitrogens is 1. The van der Waals surface area contributed by atoms with Crippen molar-refractivity contribution < 1.29 is 14.3 Å². The summed E-state index contributed by atoms with van der Waals surface area (Å²) in [4.78, 5) is 19.8. The first-order valence-corrected chi connectivity index (χ1v) is 9.96. The molecule has 1 N–H and O–H groups in total. The van der Waals surface area contributed by atoms with Gasteiger partial charge in [0.2, 0.25) is 6.79 Å². The molecule has 1 aliphatic heterocycles. The number of fused-ring (bicyclic) bond motifs is 2. The third kappa shape index (κ3) is 3.58. The minimum absolute atomic E-state index is 0.0288.